The van der Waals surface area contributed by atoms with Crippen molar-refractivity contribution in [3.05, 3.63) is 29.3 Å². The summed E-state index contributed by atoms with van der Waals surface area (Å²) in [7, 11) is 9.87. The first-order chi connectivity index (χ1) is 8.60. The van der Waals surface area contributed by atoms with Gasteiger partial charge in [-0.15, -0.1) is 0 Å². The van der Waals surface area contributed by atoms with Crippen LogP contribution >= 0.6 is 17.0 Å². The van der Waals surface area contributed by atoms with Gasteiger partial charge in [-0.1, -0.05) is 19.1 Å². The minimum atomic E-state index is -0.826. The number of phenolic OH excluding ortho intramolecular Hbond substituents is 1. The molecule has 1 N–H and O–H groups in total. The third kappa shape index (κ3) is 4.68. The molecule has 1 aliphatic rings. The average molecular weight is 365 g/mol. The third-order valence-electron chi connectivity index (χ3n) is 3.25. The van der Waals surface area contributed by atoms with Crippen LogP contribution in [0, 0.1) is 12.8 Å². The van der Waals surface area contributed by atoms with Gasteiger partial charge in [0.15, 0.2) is 0 Å². The number of aliphatic imine (C=N–C) groups is 1. The zero-order valence-corrected chi connectivity index (χ0v) is 14.5. The van der Waals surface area contributed by atoms with Gasteiger partial charge in [0, 0.05) is 11.8 Å². The molecule has 0 radical (unpaired) electrons. The normalized spacial score (nSPS) is 22.0. The molecule has 0 heterocycles. The van der Waals surface area contributed by atoms with Gasteiger partial charge in [-0.3, -0.25) is 4.99 Å². The molecule has 1 aromatic rings. The van der Waals surface area contributed by atoms with E-state index >= 15 is 0 Å². The van der Waals surface area contributed by atoms with Crippen LogP contribution in [-0.2, 0) is 20.8 Å². The summed E-state index contributed by atoms with van der Waals surface area (Å²) in [6, 6.07) is 6.21. The Kier molecular flexibility index (Phi) is 7.52. The fourth-order valence-electron chi connectivity index (χ4n) is 1.83. The van der Waals surface area contributed by atoms with Crippen LogP contribution in [0.25, 0.3) is 0 Å². The number of halogens is 2. The molecule has 2 nitrogen and oxygen atoms in total. The van der Waals surface area contributed by atoms with E-state index < -0.39 is 20.8 Å². The first kappa shape index (κ1) is 16.2. The monoisotopic (exact) mass is 363 g/mol. The molecule has 2 atom stereocenters. The van der Waals surface area contributed by atoms with E-state index in [9.17, 15) is 5.11 Å². The summed E-state index contributed by atoms with van der Waals surface area (Å²) in [6.07, 6.45) is 4.27. The van der Waals surface area contributed by atoms with Crippen molar-refractivity contribution in [2.45, 2.75) is 32.7 Å². The van der Waals surface area contributed by atoms with Gasteiger partial charge in [0.2, 0.25) is 0 Å². The number of para-hydroxylation sites is 1. The fraction of sp³-hybridized carbons (Fsp3) is 0.462. The number of aryl methyl sites for hydroxylation is 1. The van der Waals surface area contributed by atoms with Crippen LogP contribution in [0.3, 0.4) is 0 Å². The van der Waals surface area contributed by atoms with Crippen molar-refractivity contribution in [3.8, 4) is 5.75 Å². The average Bonchev–Trinajstić information content (AvgIpc) is 2.34. The van der Waals surface area contributed by atoms with Crippen LogP contribution in [0.1, 0.15) is 30.9 Å². The Balaban J connectivity index is 0.000000492. The van der Waals surface area contributed by atoms with Gasteiger partial charge in [-0.05, 0) is 37.3 Å². The van der Waals surface area contributed by atoms with E-state index in [1.54, 1.807) is 0 Å². The summed E-state index contributed by atoms with van der Waals surface area (Å²) >= 11 is -0.826. The predicted molar refractivity (Wildman–Crippen MR) is 74.3 cm³/mol. The molecule has 2 rings (SSSR count). The summed E-state index contributed by atoms with van der Waals surface area (Å²) in [4.78, 5) is 4.50. The van der Waals surface area contributed by atoms with E-state index in [0.29, 0.717) is 17.7 Å². The number of aromatic hydroxyl groups is 1. The quantitative estimate of drug-likeness (QED) is 0.779. The number of benzene rings is 1. The first-order valence-corrected chi connectivity index (χ1v) is 12.2. The number of rotatable bonds is 2. The van der Waals surface area contributed by atoms with Crippen molar-refractivity contribution in [1.29, 1.82) is 0 Å². The second-order valence-electron chi connectivity index (χ2n) is 4.48. The summed E-state index contributed by atoms with van der Waals surface area (Å²) < 4.78 is 0. The molecule has 2 unspecified atom stereocenters. The van der Waals surface area contributed by atoms with Crippen molar-refractivity contribution in [2.24, 2.45) is 10.9 Å². The minimum absolute atomic E-state index is 0.355. The zero-order valence-electron chi connectivity index (χ0n) is 10.5. The van der Waals surface area contributed by atoms with Crippen molar-refractivity contribution in [2.75, 3.05) is 0 Å². The van der Waals surface area contributed by atoms with E-state index in [-0.39, 0.29) is 0 Å². The Bertz CT molecular complexity index is 412. The van der Waals surface area contributed by atoms with Gasteiger partial charge >= 0.3 is 37.9 Å². The second kappa shape index (κ2) is 8.35. The van der Waals surface area contributed by atoms with E-state index in [2.05, 4.69) is 11.9 Å². The Morgan fingerprint density at radius 2 is 2.06 bits per heavy atom. The molecule has 0 spiro atoms. The molecule has 1 aliphatic carbocycles. The van der Waals surface area contributed by atoms with Crippen LogP contribution < -0.4 is 0 Å². The number of hydrogen-bond donors (Lipinski definition) is 1. The molecule has 0 aromatic heterocycles. The van der Waals surface area contributed by atoms with Gasteiger partial charge in [0.25, 0.3) is 0 Å². The Morgan fingerprint density at radius 3 is 2.56 bits per heavy atom. The molecule has 1 aromatic carbocycles. The fourth-order valence-corrected chi connectivity index (χ4v) is 1.83. The molecular weight excluding hydrogens is 348 g/mol. The van der Waals surface area contributed by atoms with Crippen LogP contribution in [0.15, 0.2) is 23.2 Å². The van der Waals surface area contributed by atoms with E-state index in [4.69, 9.17) is 17.0 Å². The molecule has 0 amide bonds. The molecule has 1 saturated carbocycles. The van der Waals surface area contributed by atoms with Gasteiger partial charge in [-0.25, -0.2) is 0 Å². The van der Waals surface area contributed by atoms with Crippen molar-refractivity contribution in [3.63, 3.8) is 0 Å². The summed E-state index contributed by atoms with van der Waals surface area (Å²) in [5.41, 5.74) is 1.73. The SMILES string of the molecule is Cc1cccc(C=NC2CCC2C)c1O.[Cl][Zr][Cl]. The van der Waals surface area contributed by atoms with E-state index in [1.165, 1.54) is 12.8 Å². The molecule has 98 valence electrons. The van der Waals surface area contributed by atoms with Gasteiger partial charge in [0.05, 0.1) is 6.04 Å². The number of phenols is 1. The van der Waals surface area contributed by atoms with Gasteiger partial charge in [0.1, 0.15) is 5.75 Å². The third-order valence-corrected chi connectivity index (χ3v) is 3.25. The Hall–Kier alpha value is 0.153. The molecule has 0 saturated heterocycles. The summed E-state index contributed by atoms with van der Waals surface area (Å²) in [5.74, 6) is 1.06. The van der Waals surface area contributed by atoms with Crippen molar-refractivity contribution in [1.82, 2.24) is 0 Å². The van der Waals surface area contributed by atoms with Crippen molar-refractivity contribution < 1.29 is 26.0 Å². The van der Waals surface area contributed by atoms with Crippen molar-refractivity contribution >= 4 is 23.2 Å². The standard InChI is InChI=1S/C13H17NO.2ClH.Zr/c1-9-6-7-12(9)14-8-11-5-3-4-10(2)13(11)15;;;/h3-5,8-9,12,15H,6-7H2,1-2H3;2*1H;/q;;;+2/p-2. The van der Waals surface area contributed by atoms with Crippen LogP contribution in [-0.4, -0.2) is 17.4 Å². The van der Waals surface area contributed by atoms with Crippen LogP contribution in [0.2, 0.25) is 0 Å². The number of nitrogens with zero attached hydrogens (tertiary/aromatic N) is 1. The van der Waals surface area contributed by atoms with Gasteiger partial charge in [-0.2, -0.15) is 0 Å². The Morgan fingerprint density at radius 1 is 1.39 bits per heavy atom. The molecule has 0 aliphatic heterocycles. The molecule has 5 heteroatoms. The molecular formula is C13H17Cl2NOZr. The molecule has 18 heavy (non-hydrogen) atoms. The summed E-state index contributed by atoms with van der Waals surface area (Å²) in [5, 5.41) is 9.78. The predicted octanol–water partition coefficient (Wildman–Crippen LogP) is 4.29. The second-order valence-corrected chi connectivity index (χ2v) is 8.22. The first-order valence-electron chi connectivity index (χ1n) is 5.88. The van der Waals surface area contributed by atoms with Crippen LogP contribution in [0.4, 0.5) is 0 Å². The topological polar surface area (TPSA) is 32.6 Å². The number of hydrogen-bond acceptors (Lipinski definition) is 2. The molecule has 0 bridgehead atoms. The summed E-state index contributed by atoms with van der Waals surface area (Å²) in [6.45, 7) is 4.13. The maximum atomic E-state index is 9.78. The van der Waals surface area contributed by atoms with E-state index in [0.717, 1.165) is 11.1 Å². The molecule has 1 fully saturated rings. The maximum absolute atomic E-state index is 9.78. The van der Waals surface area contributed by atoms with E-state index in [1.807, 2.05) is 31.3 Å². The Labute approximate surface area is 127 Å². The van der Waals surface area contributed by atoms with Gasteiger partial charge < -0.3 is 5.11 Å². The van der Waals surface area contributed by atoms with Crippen LogP contribution in [0.5, 0.6) is 5.75 Å². The zero-order chi connectivity index (χ0) is 13.5.